The zero-order chi connectivity index (χ0) is 26.3. The molecule has 3 aromatic heterocycles. The van der Waals surface area contributed by atoms with Crippen molar-refractivity contribution in [2.24, 2.45) is 17.8 Å². The van der Waals surface area contributed by atoms with Crippen molar-refractivity contribution in [3.8, 4) is 0 Å². The van der Waals surface area contributed by atoms with Gasteiger partial charge in [0.05, 0.1) is 12.2 Å². The van der Waals surface area contributed by atoms with Crippen molar-refractivity contribution < 1.29 is 18.6 Å². The van der Waals surface area contributed by atoms with Crippen molar-refractivity contribution in [3.63, 3.8) is 0 Å². The molecule has 14 heteroatoms. The summed E-state index contributed by atoms with van der Waals surface area (Å²) in [6, 6.07) is -0.234. The zero-order valence-electron chi connectivity index (χ0n) is 20.2. The summed E-state index contributed by atoms with van der Waals surface area (Å²) in [7, 11) is 0. The van der Waals surface area contributed by atoms with Gasteiger partial charge in [0.2, 0.25) is 5.91 Å². The first-order valence-electron chi connectivity index (χ1n) is 12.2. The van der Waals surface area contributed by atoms with Crippen LogP contribution in [0.4, 0.5) is 10.1 Å². The summed E-state index contributed by atoms with van der Waals surface area (Å²) < 4.78 is 20.8. The zero-order valence-corrected chi connectivity index (χ0v) is 21.0. The van der Waals surface area contributed by atoms with E-state index in [1.54, 1.807) is 6.92 Å². The normalized spacial score (nSPS) is 17.0. The maximum Gasteiger partial charge on any atom is 0.276 e. The number of nitrogens with zero attached hydrogens (tertiary/aromatic N) is 5. The van der Waals surface area contributed by atoms with E-state index < -0.39 is 35.4 Å². The van der Waals surface area contributed by atoms with E-state index in [2.05, 4.69) is 36.2 Å². The third-order valence-corrected chi connectivity index (χ3v) is 7.18. The number of aromatic amines is 1. The summed E-state index contributed by atoms with van der Waals surface area (Å²) in [5.41, 5.74) is -0.0266. The molecule has 2 amide bonds. The topological polar surface area (TPSA) is 161 Å². The molecule has 5 rings (SSSR count). The van der Waals surface area contributed by atoms with Gasteiger partial charge in [-0.15, -0.1) is 5.10 Å². The summed E-state index contributed by atoms with van der Waals surface area (Å²) in [5.74, 6) is -1.51. The highest BCUT2D eigenvalue weighted by atomic mass is 35.5. The first-order chi connectivity index (χ1) is 17.8. The van der Waals surface area contributed by atoms with E-state index in [-0.39, 0.29) is 28.0 Å². The second kappa shape index (κ2) is 10.0. The molecular formula is C23H26ClFN8O4. The molecular weight excluding hydrogens is 507 g/mol. The standard InChI is InChI=1S/C23H26ClFN8O4/c1-3-14-18(32-37-31-14)22(35)27-19(17(11-4-5-11)12-6-7-12)23(36)26-15-9-33(30-20(15)25)10(2)13-8-16(24)28-29-21(13)34/h8-12,17,19H,3-7H2,1-2H3,(H,26,36)(H,27,35)(H,29,34)/t10-,19-/m0/s1. The fourth-order valence-electron chi connectivity index (χ4n) is 4.76. The van der Waals surface area contributed by atoms with Gasteiger partial charge < -0.3 is 10.6 Å². The van der Waals surface area contributed by atoms with Crippen LogP contribution in [0.3, 0.4) is 0 Å². The van der Waals surface area contributed by atoms with Crippen LogP contribution < -0.4 is 16.2 Å². The van der Waals surface area contributed by atoms with Crippen LogP contribution in [0.1, 0.15) is 67.3 Å². The summed E-state index contributed by atoms with van der Waals surface area (Å²) in [6.07, 6.45) is 5.62. The molecule has 37 heavy (non-hydrogen) atoms. The molecule has 0 radical (unpaired) electrons. The van der Waals surface area contributed by atoms with Gasteiger partial charge in [-0.3, -0.25) is 19.1 Å². The molecule has 2 fully saturated rings. The monoisotopic (exact) mass is 532 g/mol. The van der Waals surface area contributed by atoms with Crippen LogP contribution in [-0.4, -0.2) is 48.1 Å². The molecule has 196 valence electrons. The molecule has 2 aliphatic rings. The minimum absolute atomic E-state index is 0.0275. The Bertz CT molecular complexity index is 1370. The van der Waals surface area contributed by atoms with E-state index in [9.17, 15) is 18.8 Å². The molecule has 0 spiro atoms. The van der Waals surface area contributed by atoms with Crippen molar-refractivity contribution in [2.45, 2.75) is 58.0 Å². The van der Waals surface area contributed by atoms with Gasteiger partial charge in [0.25, 0.3) is 17.4 Å². The first kappa shape index (κ1) is 25.1. The Morgan fingerprint density at radius 2 is 1.97 bits per heavy atom. The van der Waals surface area contributed by atoms with Gasteiger partial charge in [-0.2, -0.15) is 9.49 Å². The second-order valence-electron chi connectivity index (χ2n) is 9.57. The smallest absolute Gasteiger partial charge is 0.276 e. The molecule has 0 saturated heterocycles. The number of H-pyrrole nitrogens is 1. The number of carbonyl (C=O) groups is 2. The molecule has 0 bridgehead atoms. The molecule has 0 aliphatic heterocycles. The molecule has 3 aromatic rings. The van der Waals surface area contributed by atoms with Gasteiger partial charge in [0.1, 0.15) is 22.6 Å². The van der Waals surface area contributed by atoms with Gasteiger partial charge in [0.15, 0.2) is 5.69 Å². The number of rotatable bonds is 10. The quantitative estimate of drug-likeness (QED) is 0.359. The van der Waals surface area contributed by atoms with Gasteiger partial charge in [-0.25, -0.2) is 9.73 Å². The predicted molar refractivity (Wildman–Crippen MR) is 128 cm³/mol. The average Bonchev–Trinajstić information content (AvgIpc) is 3.81. The van der Waals surface area contributed by atoms with Crippen molar-refractivity contribution >= 4 is 29.1 Å². The van der Waals surface area contributed by atoms with Crippen LogP contribution in [-0.2, 0) is 11.2 Å². The van der Waals surface area contributed by atoms with Crippen LogP contribution >= 0.6 is 11.6 Å². The van der Waals surface area contributed by atoms with Crippen LogP contribution in [0.5, 0.6) is 0 Å². The van der Waals surface area contributed by atoms with E-state index >= 15 is 0 Å². The number of nitrogens with one attached hydrogen (secondary N) is 3. The molecule has 12 nitrogen and oxygen atoms in total. The Labute approximate surface area is 215 Å². The number of amides is 2. The van der Waals surface area contributed by atoms with Gasteiger partial charge in [0, 0.05) is 5.56 Å². The second-order valence-corrected chi connectivity index (χ2v) is 9.96. The third-order valence-electron chi connectivity index (χ3n) is 6.99. The highest BCUT2D eigenvalue weighted by Gasteiger charge is 2.48. The minimum Gasteiger partial charge on any atom is -0.338 e. The SMILES string of the molecule is CCc1nonc1C(=O)N[C@H](C(=O)Nc1cn([C@@H](C)c2cc(Cl)n[nH]c2=O)nc1F)C(C1CC1)C1CC1. The van der Waals surface area contributed by atoms with E-state index in [0.717, 1.165) is 25.7 Å². The van der Waals surface area contributed by atoms with Crippen molar-refractivity contribution in [3.05, 3.63) is 50.7 Å². The number of aromatic nitrogens is 6. The van der Waals surface area contributed by atoms with E-state index in [0.29, 0.717) is 24.0 Å². The maximum atomic E-state index is 14.8. The Balaban J connectivity index is 1.38. The molecule has 0 unspecified atom stereocenters. The molecule has 3 heterocycles. The fourth-order valence-corrected chi connectivity index (χ4v) is 4.92. The minimum atomic E-state index is -0.926. The lowest BCUT2D eigenvalue weighted by Gasteiger charge is -2.27. The summed E-state index contributed by atoms with van der Waals surface area (Å²) in [6.45, 7) is 3.45. The molecule has 0 aromatic carbocycles. The number of hydrogen-bond acceptors (Lipinski definition) is 8. The molecule has 2 atom stereocenters. The Morgan fingerprint density at radius 3 is 2.62 bits per heavy atom. The number of aryl methyl sites for hydroxylation is 1. The van der Waals surface area contributed by atoms with Crippen LogP contribution in [0.2, 0.25) is 5.15 Å². The van der Waals surface area contributed by atoms with E-state index in [4.69, 9.17) is 16.2 Å². The third kappa shape index (κ3) is 5.26. The Kier molecular flexibility index (Phi) is 6.80. The number of anilines is 1. The predicted octanol–water partition coefficient (Wildman–Crippen LogP) is 2.49. The number of hydrogen-bond donors (Lipinski definition) is 3. The first-order valence-corrected chi connectivity index (χ1v) is 12.6. The number of carbonyl (C=O) groups excluding carboxylic acids is 2. The lowest BCUT2D eigenvalue weighted by molar-refractivity contribution is -0.119. The lowest BCUT2D eigenvalue weighted by Crippen LogP contribution is -2.50. The van der Waals surface area contributed by atoms with Gasteiger partial charge in [-0.1, -0.05) is 23.7 Å². The van der Waals surface area contributed by atoms with Crippen molar-refractivity contribution in [1.29, 1.82) is 0 Å². The summed E-state index contributed by atoms with van der Waals surface area (Å²) >= 11 is 5.89. The van der Waals surface area contributed by atoms with Crippen molar-refractivity contribution in [1.82, 2.24) is 35.6 Å². The molecule has 3 N–H and O–H groups in total. The fraction of sp³-hybridized carbons (Fsp3) is 0.522. The van der Waals surface area contributed by atoms with Crippen molar-refractivity contribution in [2.75, 3.05) is 5.32 Å². The highest BCUT2D eigenvalue weighted by molar-refractivity contribution is 6.29. The maximum absolute atomic E-state index is 14.8. The summed E-state index contributed by atoms with van der Waals surface area (Å²) in [4.78, 5) is 38.7. The Hall–Kier alpha value is -3.61. The largest absolute Gasteiger partial charge is 0.338 e. The summed E-state index contributed by atoms with van der Waals surface area (Å²) in [5, 5.41) is 22.6. The molecule has 2 saturated carbocycles. The van der Waals surface area contributed by atoms with E-state index in [1.807, 2.05) is 6.92 Å². The van der Waals surface area contributed by atoms with Crippen LogP contribution in [0.25, 0.3) is 0 Å². The lowest BCUT2D eigenvalue weighted by atomic mass is 9.88. The average molecular weight is 533 g/mol. The van der Waals surface area contributed by atoms with Crippen LogP contribution in [0, 0.1) is 23.7 Å². The van der Waals surface area contributed by atoms with Gasteiger partial charge >= 0.3 is 0 Å². The van der Waals surface area contributed by atoms with E-state index in [1.165, 1.54) is 16.9 Å². The Morgan fingerprint density at radius 1 is 1.27 bits per heavy atom. The van der Waals surface area contributed by atoms with Crippen LogP contribution in [0.15, 0.2) is 21.7 Å². The number of halogens is 2. The molecule has 2 aliphatic carbocycles. The van der Waals surface area contributed by atoms with Gasteiger partial charge in [-0.05, 0) is 68.0 Å². The highest BCUT2D eigenvalue weighted by Crippen LogP contribution is 2.51.